The molecular formula is C19H27N8O4P. The predicted octanol–water partition coefficient (Wildman–Crippen LogP) is 1.79. The predicted molar refractivity (Wildman–Crippen MR) is 116 cm³/mol. The average Bonchev–Trinajstić information content (AvgIpc) is 3.15. The van der Waals surface area contributed by atoms with Gasteiger partial charge in [-0.15, -0.1) is 0 Å². The molecule has 2 heterocycles. The number of fused-ring (bicyclic) bond motifs is 1. The molecule has 2 aromatic heterocycles. The van der Waals surface area contributed by atoms with E-state index in [0.29, 0.717) is 24.1 Å². The molecule has 0 aliphatic heterocycles. The van der Waals surface area contributed by atoms with Crippen LogP contribution in [0.25, 0.3) is 11.2 Å². The number of nitrogen functional groups attached to an aromatic ring is 1. The number of nitrogens with two attached hydrogens (primary N) is 1. The summed E-state index contributed by atoms with van der Waals surface area (Å²) in [6, 6.07) is 3.46. The van der Waals surface area contributed by atoms with E-state index >= 15 is 0 Å². The molecular weight excluding hydrogens is 435 g/mol. The highest BCUT2D eigenvalue weighted by Gasteiger charge is 2.43. The number of nitriles is 2. The summed E-state index contributed by atoms with van der Waals surface area (Å²) < 4.78 is 26.2. The van der Waals surface area contributed by atoms with Gasteiger partial charge in [-0.2, -0.15) is 10.5 Å². The van der Waals surface area contributed by atoms with E-state index in [9.17, 15) is 19.9 Å². The number of aromatic nitrogens is 4. The minimum atomic E-state index is -3.80. The van der Waals surface area contributed by atoms with Crippen LogP contribution in [-0.2, 0) is 25.4 Å². The molecule has 1 unspecified atom stereocenters. The molecule has 0 aliphatic carbocycles. The van der Waals surface area contributed by atoms with Gasteiger partial charge in [0.25, 0.3) is 0 Å². The van der Waals surface area contributed by atoms with Gasteiger partial charge >= 0.3 is 5.97 Å². The molecule has 0 radical (unpaired) electrons. The van der Waals surface area contributed by atoms with Crippen LogP contribution in [0.4, 0.5) is 5.82 Å². The molecule has 12 nitrogen and oxygen atoms in total. The zero-order chi connectivity index (χ0) is 23.9. The van der Waals surface area contributed by atoms with Crippen molar-refractivity contribution in [3.8, 4) is 12.1 Å². The van der Waals surface area contributed by atoms with Crippen molar-refractivity contribution in [2.45, 2.75) is 58.0 Å². The van der Waals surface area contributed by atoms with Gasteiger partial charge in [-0.1, -0.05) is 6.92 Å². The summed E-state index contributed by atoms with van der Waals surface area (Å²) in [5, 5.41) is 21.4. The number of hydrogen-bond donors (Lipinski definition) is 2. The van der Waals surface area contributed by atoms with Crippen molar-refractivity contribution in [3.05, 3.63) is 12.7 Å². The van der Waals surface area contributed by atoms with Crippen molar-refractivity contribution in [1.82, 2.24) is 24.6 Å². The number of carbonyl (C=O) groups is 1. The molecule has 2 rings (SSSR count). The van der Waals surface area contributed by atoms with Gasteiger partial charge in [0.15, 0.2) is 17.1 Å². The Bertz CT molecular complexity index is 1070. The highest BCUT2D eigenvalue weighted by molar-refractivity contribution is 7.63. The number of esters is 1. The molecule has 172 valence electrons. The van der Waals surface area contributed by atoms with E-state index in [-0.39, 0.29) is 12.4 Å². The Balaban J connectivity index is 2.15. The van der Waals surface area contributed by atoms with E-state index < -0.39 is 36.9 Å². The summed E-state index contributed by atoms with van der Waals surface area (Å²) in [6.45, 7) is 7.03. The van der Waals surface area contributed by atoms with Gasteiger partial charge in [0.05, 0.1) is 37.7 Å². The van der Waals surface area contributed by atoms with Crippen LogP contribution >= 0.6 is 7.29 Å². The first-order valence-electron chi connectivity index (χ1n) is 9.95. The average molecular weight is 462 g/mol. The van der Waals surface area contributed by atoms with Crippen molar-refractivity contribution >= 4 is 30.2 Å². The van der Waals surface area contributed by atoms with Crippen molar-refractivity contribution in [1.29, 1.82) is 10.5 Å². The van der Waals surface area contributed by atoms with Gasteiger partial charge in [0, 0.05) is 0 Å². The van der Waals surface area contributed by atoms with Crippen LogP contribution in [0.3, 0.4) is 0 Å². The number of nitrogens with zero attached hydrogens (tertiary/aromatic N) is 6. The second-order valence-electron chi connectivity index (χ2n) is 7.76. The molecule has 0 fully saturated rings. The van der Waals surface area contributed by atoms with Gasteiger partial charge in [0.1, 0.15) is 23.7 Å². The standard InChI is InChI=1S/C19H27N8O4P/c1-5-6-30-18(28)19(3,4)26-32(29,14(7-20)8-21)12-31-13(2)9-27-11-25-15-16(22)23-10-24-17(15)27/h10-11,13-14H,5-6,9,12H2,1-4H3,(H,26,29)(H2,22,23,24)/t13-,32?/m1/s1. The van der Waals surface area contributed by atoms with Gasteiger partial charge in [-0.05, 0) is 27.2 Å². The summed E-state index contributed by atoms with van der Waals surface area (Å²) in [4.78, 5) is 24.6. The molecule has 32 heavy (non-hydrogen) atoms. The number of imidazole rings is 1. The third-order valence-corrected chi connectivity index (χ3v) is 7.05. The number of ether oxygens (including phenoxy) is 2. The number of hydrogen-bond acceptors (Lipinski definition) is 10. The number of anilines is 1. The number of nitrogens with one attached hydrogen (secondary N) is 1. The van der Waals surface area contributed by atoms with Gasteiger partial charge < -0.3 is 24.3 Å². The molecule has 13 heteroatoms. The molecule has 0 aliphatic rings. The van der Waals surface area contributed by atoms with Crippen LogP contribution in [0.1, 0.15) is 34.1 Å². The van der Waals surface area contributed by atoms with Crippen molar-refractivity contribution in [3.63, 3.8) is 0 Å². The molecule has 0 aromatic carbocycles. The Morgan fingerprint density at radius 3 is 2.66 bits per heavy atom. The van der Waals surface area contributed by atoms with Crippen molar-refractivity contribution in [2.24, 2.45) is 0 Å². The quantitative estimate of drug-likeness (QED) is 0.367. The topological polar surface area (TPSA) is 182 Å². The van der Waals surface area contributed by atoms with Crippen molar-refractivity contribution < 1.29 is 18.8 Å². The molecule has 3 N–H and O–H groups in total. The highest BCUT2D eigenvalue weighted by Crippen LogP contribution is 2.48. The maximum atomic E-state index is 13.6. The maximum Gasteiger partial charge on any atom is 0.326 e. The lowest BCUT2D eigenvalue weighted by atomic mass is 10.1. The maximum absolute atomic E-state index is 13.6. The van der Waals surface area contributed by atoms with E-state index in [2.05, 4.69) is 20.0 Å². The summed E-state index contributed by atoms with van der Waals surface area (Å²) in [5.74, 6) is -0.386. The highest BCUT2D eigenvalue weighted by atomic mass is 31.2. The van der Waals surface area contributed by atoms with Crippen LogP contribution in [0.5, 0.6) is 0 Å². The molecule has 0 bridgehead atoms. The first kappa shape index (κ1) is 25.2. The van der Waals surface area contributed by atoms with E-state index in [1.54, 1.807) is 23.6 Å². The van der Waals surface area contributed by atoms with E-state index in [0.717, 1.165) is 0 Å². The first-order chi connectivity index (χ1) is 15.1. The Hall–Kier alpha value is -3.05. The fourth-order valence-electron chi connectivity index (χ4n) is 2.88. The summed E-state index contributed by atoms with van der Waals surface area (Å²) in [7, 11) is -3.80. The molecule has 0 saturated carbocycles. The minimum Gasteiger partial charge on any atom is -0.464 e. The summed E-state index contributed by atoms with van der Waals surface area (Å²) in [5.41, 5.74) is 3.86. The Morgan fingerprint density at radius 1 is 1.34 bits per heavy atom. The van der Waals surface area contributed by atoms with E-state index in [4.69, 9.17) is 15.2 Å². The first-order valence-corrected chi connectivity index (χ1v) is 11.9. The van der Waals surface area contributed by atoms with Crippen LogP contribution in [0.15, 0.2) is 12.7 Å². The Kier molecular flexibility index (Phi) is 8.28. The summed E-state index contributed by atoms with van der Waals surface area (Å²) in [6.07, 6.45) is 2.55. The van der Waals surface area contributed by atoms with Gasteiger partial charge in [0.2, 0.25) is 7.29 Å². The molecule has 0 amide bonds. The smallest absolute Gasteiger partial charge is 0.326 e. The zero-order valence-corrected chi connectivity index (χ0v) is 19.4. The number of rotatable bonds is 11. The van der Waals surface area contributed by atoms with Crippen LogP contribution in [0.2, 0.25) is 0 Å². The molecule has 2 atom stereocenters. The SMILES string of the molecule is CCCOC(=O)C(C)(C)NP(=O)(CO[C@H](C)Cn1cnc2c(N)ncnc21)C(C#N)C#N. The number of carbonyl (C=O) groups excluding carboxylic acids is 1. The molecule has 0 saturated heterocycles. The fraction of sp³-hybridized carbons (Fsp3) is 0.579. The van der Waals surface area contributed by atoms with E-state index in [1.165, 1.54) is 26.5 Å². The second kappa shape index (κ2) is 10.5. The van der Waals surface area contributed by atoms with Crippen LogP contribution in [-0.4, -0.2) is 55.7 Å². The monoisotopic (exact) mass is 462 g/mol. The van der Waals surface area contributed by atoms with Gasteiger partial charge in [-0.25, -0.2) is 20.0 Å². The second-order valence-corrected chi connectivity index (χ2v) is 10.4. The fourth-order valence-corrected chi connectivity index (χ4v) is 5.11. The lowest BCUT2D eigenvalue weighted by Crippen LogP contribution is -2.48. The lowest BCUT2D eigenvalue weighted by molar-refractivity contribution is -0.149. The van der Waals surface area contributed by atoms with Crippen LogP contribution in [0, 0.1) is 22.7 Å². The van der Waals surface area contributed by atoms with Crippen molar-refractivity contribution in [2.75, 3.05) is 18.7 Å². The minimum absolute atomic E-state index is 0.203. The molecule has 2 aromatic rings. The zero-order valence-electron chi connectivity index (χ0n) is 18.5. The third-order valence-electron chi connectivity index (χ3n) is 4.51. The largest absolute Gasteiger partial charge is 0.464 e. The Morgan fingerprint density at radius 2 is 2.03 bits per heavy atom. The lowest BCUT2D eigenvalue weighted by Gasteiger charge is -2.31. The normalized spacial score (nSPS) is 14.5. The summed E-state index contributed by atoms with van der Waals surface area (Å²) >= 11 is 0. The third kappa shape index (κ3) is 5.80. The van der Waals surface area contributed by atoms with Crippen LogP contribution < -0.4 is 10.8 Å². The Labute approximate surface area is 186 Å². The molecule has 0 spiro atoms. The van der Waals surface area contributed by atoms with Gasteiger partial charge in [-0.3, -0.25) is 4.79 Å². The van der Waals surface area contributed by atoms with E-state index in [1.807, 2.05) is 6.92 Å².